The van der Waals surface area contributed by atoms with E-state index in [4.69, 9.17) is 0 Å². The lowest BCUT2D eigenvalue weighted by atomic mass is 10.1. The lowest BCUT2D eigenvalue weighted by Crippen LogP contribution is -2.26. The number of nitrogens with zero attached hydrogens (tertiary/aromatic N) is 3. The third-order valence-corrected chi connectivity index (χ3v) is 5.12. The summed E-state index contributed by atoms with van der Waals surface area (Å²) in [4.78, 5) is 21.7. The van der Waals surface area contributed by atoms with E-state index in [1.165, 1.54) is 6.33 Å². The van der Waals surface area contributed by atoms with Crippen LogP contribution in [0.4, 0.5) is 11.6 Å². The van der Waals surface area contributed by atoms with Crippen molar-refractivity contribution < 1.29 is 5.11 Å². The van der Waals surface area contributed by atoms with E-state index in [-0.39, 0.29) is 23.4 Å². The van der Waals surface area contributed by atoms with E-state index in [1.54, 1.807) is 18.3 Å². The lowest BCUT2D eigenvalue weighted by Gasteiger charge is -2.22. The number of nitrogens with one attached hydrogen (secondary N) is 2. The topological polar surface area (TPSA) is 92.1 Å². The van der Waals surface area contributed by atoms with Crippen LogP contribution in [0.15, 0.2) is 48.2 Å². The maximum Gasteiger partial charge on any atom is 0.262 e. The molecule has 0 unspecified atom stereocenters. The molecule has 30 heavy (non-hydrogen) atoms. The Morgan fingerprint density at radius 1 is 1.27 bits per heavy atom. The highest BCUT2D eigenvalue weighted by molar-refractivity contribution is 5.87. The van der Waals surface area contributed by atoms with E-state index in [0.717, 1.165) is 29.5 Å². The quantitative estimate of drug-likeness (QED) is 0.538. The predicted molar refractivity (Wildman–Crippen MR) is 122 cm³/mol. The fourth-order valence-corrected chi connectivity index (χ4v) is 3.54. The first-order chi connectivity index (χ1) is 14.5. The number of aromatic hydroxyl groups is 1. The van der Waals surface area contributed by atoms with Crippen molar-refractivity contribution in [3.05, 3.63) is 65.0 Å². The standard InChI is InChI=1S/C21H23N5O2.C2H6/c1-4-22-19-12(2)20(24-11-23-19)25-13(3)16-10-14-6-5-7-17(27)18(14)21(28)26(16)15-8-9-15;1-2/h4-7,10-11,13,15,27H,1,8-9H2,2-3H3,(H2,22,23,24,25);1-2H3/t13-;/m0./s1. The minimum Gasteiger partial charge on any atom is -0.507 e. The summed E-state index contributed by atoms with van der Waals surface area (Å²) in [5.74, 6) is 1.40. The second-order valence-electron chi connectivity index (χ2n) is 7.13. The van der Waals surface area contributed by atoms with Crippen LogP contribution in [0.25, 0.3) is 10.8 Å². The van der Waals surface area contributed by atoms with Gasteiger partial charge in [-0.3, -0.25) is 4.79 Å². The Kier molecular flexibility index (Phi) is 6.40. The van der Waals surface area contributed by atoms with E-state index in [2.05, 4.69) is 27.2 Å². The molecule has 1 aliphatic carbocycles. The molecular weight excluding hydrogens is 378 g/mol. The number of anilines is 2. The Balaban J connectivity index is 0.00000124. The summed E-state index contributed by atoms with van der Waals surface area (Å²) in [6.45, 7) is 11.6. The molecule has 1 saturated carbocycles. The van der Waals surface area contributed by atoms with Gasteiger partial charge in [0.05, 0.1) is 11.4 Å². The highest BCUT2D eigenvalue weighted by Crippen LogP contribution is 2.38. The lowest BCUT2D eigenvalue weighted by molar-refractivity contribution is 0.480. The van der Waals surface area contributed by atoms with Gasteiger partial charge >= 0.3 is 0 Å². The van der Waals surface area contributed by atoms with Crippen molar-refractivity contribution in [1.29, 1.82) is 0 Å². The molecule has 0 aliphatic heterocycles. The molecule has 3 N–H and O–H groups in total. The molecule has 3 aromatic rings. The van der Waals surface area contributed by atoms with Gasteiger partial charge in [0.15, 0.2) is 0 Å². The van der Waals surface area contributed by atoms with E-state index in [0.29, 0.717) is 17.0 Å². The van der Waals surface area contributed by atoms with Crippen molar-refractivity contribution in [2.45, 2.75) is 52.6 Å². The van der Waals surface area contributed by atoms with Gasteiger partial charge in [0.25, 0.3) is 5.56 Å². The third kappa shape index (κ3) is 4.01. The Labute approximate surface area is 176 Å². The average Bonchev–Trinajstić information content (AvgIpc) is 3.57. The smallest absolute Gasteiger partial charge is 0.262 e. The van der Waals surface area contributed by atoms with Gasteiger partial charge in [-0.1, -0.05) is 32.6 Å². The number of hydrogen-bond donors (Lipinski definition) is 3. The Bertz CT molecular complexity index is 1120. The summed E-state index contributed by atoms with van der Waals surface area (Å²) in [6, 6.07) is 7.16. The molecule has 1 aromatic carbocycles. The highest BCUT2D eigenvalue weighted by Gasteiger charge is 2.29. The number of hydrogen-bond acceptors (Lipinski definition) is 6. The van der Waals surface area contributed by atoms with E-state index < -0.39 is 0 Å². The van der Waals surface area contributed by atoms with Crippen LogP contribution in [0.3, 0.4) is 0 Å². The summed E-state index contributed by atoms with van der Waals surface area (Å²) in [5, 5.41) is 17.7. The van der Waals surface area contributed by atoms with Gasteiger partial charge in [-0.15, -0.1) is 0 Å². The van der Waals surface area contributed by atoms with Crippen molar-refractivity contribution >= 4 is 22.4 Å². The van der Waals surface area contributed by atoms with Gasteiger partial charge in [0.1, 0.15) is 23.7 Å². The van der Waals surface area contributed by atoms with Crippen molar-refractivity contribution in [3.8, 4) is 5.75 Å². The normalized spacial score (nSPS) is 13.9. The van der Waals surface area contributed by atoms with Gasteiger partial charge in [-0.2, -0.15) is 0 Å². The molecular formula is C23H29N5O2. The monoisotopic (exact) mass is 407 g/mol. The number of phenolic OH excluding ortho intramolecular Hbond substituents is 1. The fourth-order valence-electron chi connectivity index (χ4n) is 3.54. The second kappa shape index (κ2) is 8.98. The minimum atomic E-state index is -0.162. The molecule has 7 nitrogen and oxygen atoms in total. The number of benzene rings is 1. The van der Waals surface area contributed by atoms with Crippen LogP contribution in [0.1, 0.15) is 57.0 Å². The molecule has 0 bridgehead atoms. The molecule has 0 radical (unpaired) electrons. The first-order valence-electron chi connectivity index (χ1n) is 10.3. The second-order valence-corrected chi connectivity index (χ2v) is 7.13. The zero-order valence-electron chi connectivity index (χ0n) is 17.9. The van der Waals surface area contributed by atoms with Crippen molar-refractivity contribution in [2.24, 2.45) is 0 Å². The van der Waals surface area contributed by atoms with E-state index >= 15 is 0 Å². The summed E-state index contributed by atoms with van der Waals surface area (Å²) < 4.78 is 1.82. The number of aromatic nitrogens is 3. The number of fused-ring (bicyclic) bond motifs is 1. The number of pyridine rings is 1. The van der Waals surface area contributed by atoms with E-state index in [9.17, 15) is 9.90 Å². The molecule has 4 rings (SSSR count). The van der Waals surface area contributed by atoms with Crippen LogP contribution in [0.5, 0.6) is 5.75 Å². The zero-order chi connectivity index (χ0) is 21.8. The summed E-state index contributed by atoms with van der Waals surface area (Å²) in [6.07, 6.45) is 5.00. The predicted octanol–water partition coefficient (Wildman–Crippen LogP) is 4.90. The van der Waals surface area contributed by atoms with Crippen molar-refractivity contribution in [1.82, 2.24) is 14.5 Å². The minimum absolute atomic E-state index is 0.0239. The number of phenols is 1. The highest BCUT2D eigenvalue weighted by atomic mass is 16.3. The number of rotatable bonds is 6. The molecule has 2 aromatic heterocycles. The van der Waals surface area contributed by atoms with E-state index in [1.807, 2.05) is 44.4 Å². The van der Waals surface area contributed by atoms with Crippen LogP contribution in [-0.4, -0.2) is 19.6 Å². The summed E-state index contributed by atoms with van der Waals surface area (Å²) in [7, 11) is 0. The molecule has 158 valence electrons. The van der Waals surface area contributed by atoms with Crippen molar-refractivity contribution in [3.63, 3.8) is 0 Å². The SMILES string of the molecule is C=CNc1ncnc(N[C@@H](C)c2cc3cccc(O)c3c(=O)n2C2CC2)c1C.CC. The van der Waals surface area contributed by atoms with Crippen LogP contribution in [-0.2, 0) is 0 Å². The first-order valence-corrected chi connectivity index (χ1v) is 10.3. The molecule has 0 amide bonds. The molecule has 7 heteroatoms. The Morgan fingerprint density at radius 2 is 1.97 bits per heavy atom. The van der Waals surface area contributed by atoms with Crippen LogP contribution >= 0.6 is 0 Å². The molecule has 1 aliphatic rings. The van der Waals surface area contributed by atoms with Crippen molar-refractivity contribution in [2.75, 3.05) is 10.6 Å². The fraction of sp³-hybridized carbons (Fsp3) is 0.348. The van der Waals surface area contributed by atoms with Gasteiger partial charge in [0, 0.05) is 17.3 Å². The Hall–Kier alpha value is -3.35. The summed E-state index contributed by atoms with van der Waals surface area (Å²) >= 11 is 0. The Morgan fingerprint density at radius 3 is 2.63 bits per heavy atom. The molecule has 2 heterocycles. The molecule has 1 fully saturated rings. The molecule has 1 atom stereocenters. The maximum absolute atomic E-state index is 13.1. The van der Waals surface area contributed by atoms with Gasteiger partial charge in [-0.25, -0.2) is 9.97 Å². The first kappa shape index (κ1) is 21.4. The molecule has 0 saturated heterocycles. The van der Waals surface area contributed by atoms with Gasteiger partial charge < -0.3 is 20.3 Å². The third-order valence-electron chi connectivity index (χ3n) is 5.12. The largest absolute Gasteiger partial charge is 0.507 e. The van der Waals surface area contributed by atoms with Crippen LogP contribution in [0, 0.1) is 6.92 Å². The summed E-state index contributed by atoms with van der Waals surface area (Å²) in [5.41, 5.74) is 1.60. The molecule has 0 spiro atoms. The van der Waals surface area contributed by atoms with Gasteiger partial charge in [-0.05, 0) is 50.4 Å². The average molecular weight is 408 g/mol. The van der Waals surface area contributed by atoms with Crippen LogP contribution in [0.2, 0.25) is 0 Å². The zero-order valence-corrected chi connectivity index (χ0v) is 17.9. The van der Waals surface area contributed by atoms with Crippen LogP contribution < -0.4 is 16.2 Å². The maximum atomic E-state index is 13.1. The van der Waals surface area contributed by atoms with Gasteiger partial charge in [0.2, 0.25) is 0 Å².